The van der Waals surface area contributed by atoms with Gasteiger partial charge in [-0.25, -0.2) is 4.79 Å². The molecule has 0 aromatic heterocycles. The van der Waals surface area contributed by atoms with Crippen molar-refractivity contribution in [1.29, 1.82) is 0 Å². The minimum Gasteiger partial charge on any atom is -0.338 e. The third-order valence-corrected chi connectivity index (χ3v) is 4.84. The Morgan fingerprint density at radius 2 is 2.26 bits per heavy atom. The highest BCUT2D eigenvalue weighted by Gasteiger charge is 2.29. The number of carbonyl (C=O) groups excluding carboxylic acids is 1. The van der Waals surface area contributed by atoms with E-state index in [1.807, 2.05) is 23.7 Å². The molecule has 4 nitrogen and oxygen atoms in total. The first-order valence-electron chi connectivity index (χ1n) is 7.13. The van der Waals surface area contributed by atoms with Crippen LogP contribution in [0.15, 0.2) is 0 Å². The highest BCUT2D eigenvalue weighted by Crippen LogP contribution is 2.20. The SMILES string of the molecule is CSCC(C)CNC(=O)N(C)C1CCN(C)CC1C. The van der Waals surface area contributed by atoms with Crippen molar-refractivity contribution < 1.29 is 4.79 Å². The highest BCUT2D eigenvalue weighted by atomic mass is 32.2. The standard InChI is InChI=1S/C14H29N3OS/c1-11(10-19-5)8-15-14(18)17(4)13-6-7-16(3)9-12(13)2/h11-13H,6-10H2,1-5H3,(H,15,18). The summed E-state index contributed by atoms with van der Waals surface area (Å²) in [4.78, 5) is 16.4. The number of amides is 2. The maximum atomic E-state index is 12.2. The largest absolute Gasteiger partial charge is 0.338 e. The molecule has 1 aliphatic heterocycles. The van der Waals surface area contributed by atoms with Crippen molar-refractivity contribution in [1.82, 2.24) is 15.1 Å². The fourth-order valence-corrected chi connectivity index (χ4v) is 3.48. The van der Waals surface area contributed by atoms with E-state index in [1.54, 1.807) is 0 Å². The number of rotatable bonds is 5. The summed E-state index contributed by atoms with van der Waals surface area (Å²) in [5.41, 5.74) is 0. The molecule has 5 heteroatoms. The van der Waals surface area contributed by atoms with E-state index in [4.69, 9.17) is 0 Å². The maximum Gasteiger partial charge on any atom is 0.317 e. The Morgan fingerprint density at radius 1 is 1.58 bits per heavy atom. The molecule has 0 aliphatic carbocycles. The molecular weight excluding hydrogens is 258 g/mol. The average molecular weight is 287 g/mol. The lowest BCUT2D eigenvalue weighted by Gasteiger charge is -2.40. The average Bonchev–Trinajstić information content (AvgIpc) is 2.35. The molecule has 3 unspecified atom stereocenters. The predicted molar refractivity (Wildman–Crippen MR) is 83.8 cm³/mol. The van der Waals surface area contributed by atoms with Crippen molar-refractivity contribution in [3.05, 3.63) is 0 Å². The lowest BCUT2D eigenvalue weighted by atomic mass is 9.93. The number of nitrogens with zero attached hydrogens (tertiary/aromatic N) is 2. The predicted octanol–water partition coefficient (Wildman–Crippen LogP) is 1.97. The molecule has 112 valence electrons. The van der Waals surface area contributed by atoms with Crippen LogP contribution in [0.5, 0.6) is 0 Å². The summed E-state index contributed by atoms with van der Waals surface area (Å²) in [5.74, 6) is 2.16. The third kappa shape index (κ3) is 5.22. The van der Waals surface area contributed by atoms with Gasteiger partial charge in [0.2, 0.25) is 0 Å². The fourth-order valence-electron chi connectivity index (χ4n) is 2.80. The fraction of sp³-hybridized carbons (Fsp3) is 0.929. The number of thioether (sulfide) groups is 1. The summed E-state index contributed by atoms with van der Waals surface area (Å²) in [5, 5.41) is 3.06. The minimum atomic E-state index is 0.0781. The molecule has 0 saturated carbocycles. The first-order chi connectivity index (χ1) is 8.95. The summed E-state index contributed by atoms with van der Waals surface area (Å²) in [6.45, 7) is 7.33. The highest BCUT2D eigenvalue weighted by molar-refractivity contribution is 7.98. The second kappa shape index (κ2) is 8.00. The van der Waals surface area contributed by atoms with Crippen molar-refractivity contribution in [3.63, 3.8) is 0 Å². The zero-order valence-corrected chi connectivity index (χ0v) is 13.8. The summed E-state index contributed by atoms with van der Waals surface area (Å²) in [7, 11) is 4.08. The number of piperidine rings is 1. The van der Waals surface area contributed by atoms with Gasteiger partial charge >= 0.3 is 6.03 Å². The lowest BCUT2D eigenvalue weighted by molar-refractivity contribution is 0.107. The van der Waals surface area contributed by atoms with Gasteiger partial charge in [0.15, 0.2) is 0 Å². The van der Waals surface area contributed by atoms with Crippen LogP contribution >= 0.6 is 11.8 Å². The maximum absolute atomic E-state index is 12.2. The second-order valence-electron chi connectivity index (χ2n) is 5.95. The van der Waals surface area contributed by atoms with Crippen molar-refractivity contribution in [2.24, 2.45) is 11.8 Å². The molecule has 3 atom stereocenters. The first kappa shape index (κ1) is 16.6. The van der Waals surface area contributed by atoms with Gasteiger partial charge in [0, 0.05) is 26.2 Å². The first-order valence-corrected chi connectivity index (χ1v) is 8.53. The van der Waals surface area contributed by atoms with Gasteiger partial charge in [-0.05, 0) is 43.9 Å². The number of likely N-dealkylation sites (tertiary alicyclic amines) is 1. The van der Waals surface area contributed by atoms with E-state index < -0.39 is 0 Å². The second-order valence-corrected chi connectivity index (χ2v) is 6.86. The summed E-state index contributed by atoms with van der Waals surface area (Å²) >= 11 is 1.83. The molecule has 1 heterocycles. The van der Waals surface area contributed by atoms with E-state index in [0.29, 0.717) is 17.9 Å². The van der Waals surface area contributed by atoms with Crippen molar-refractivity contribution >= 4 is 17.8 Å². The summed E-state index contributed by atoms with van der Waals surface area (Å²) < 4.78 is 0. The van der Waals surface area contributed by atoms with Gasteiger partial charge in [0.1, 0.15) is 0 Å². The molecule has 1 aliphatic rings. The van der Waals surface area contributed by atoms with Gasteiger partial charge < -0.3 is 15.1 Å². The Balaban J connectivity index is 2.39. The molecule has 0 aromatic rings. The smallest absolute Gasteiger partial charge is 0.317 e. The molecule has 0 radical (unpaired) electrons. The normalized spacial score (nSPS) is 25.9. The van der Waals surface area contributed by atoms with Crippen LogP contribution in [-0.4, -0.2) is 67.6 Å². The molecule has 0 bridgehead atoms. The van der Waals surface area contributed by atoms with Crippen LogP contribution in [0, 0.1) is 11.8 Å². The van der Waals surface area contributed by atoms with E-state index in [-0.39, 0.29) is 6.03 Å². The number of urea groups is 1. The number of hydrogen-bond acceptors (Lipinski definition) is 3. The van der Waals surface area contributed by atoms with Gasteiger partial charge in [0.25, 0.3) is 0 Å². The number of hydrogen-bond donors (Lipinski definition) is 1. The molecule has 1 fully saturated rings. The Kier molecular flexibility index (Phi) is 7.00. The zero-order chi connectivity index (χ0) is 14.4. The zero-order valence-electron chi connectivity index (χ0n) is 13.0. The summed E-state index contributed by atoms with van der Waals surface area (Å²) in [6, 6.07) is 0.446. The monoisotopic (exact) mass is 287 g/mol. The molecule has 0 spiro atoms. The van der Waals surface area contributed by atoms with Gasteiger partial charge in [0.05, 0.1) is 0 Å². The van der Waals surface area contributed by atoms with Crippen LogP contribution < -0.4 is 5.32 Å². The van der Waals surface area contributed by atoms with Crippen molar-refractivity contribution in [2.45, 2.75) is 26.3 Å². The molecule has 2 amide bonds. The number of carbonyl (C=O) groups is 1. The Bertz CT molecular complexity index is 288. The molecule has 0 aromatic carbocycles. The van der Waals surface area contributed by atoms with E-state index in [0.717, 1.165) is 31.8 Å². The van der Waals surface area contributed by atoms with Crippen LogP contribution in [0.3, 0.4) is 0 Å². The Labute approximate surface area is 122 Å². The third-order valence-electron chi connectivity index (χ3n) is 3.93. The van der Waals surface area contributed by atoms with E-state index >= 15 is 0 Å². The Hall–Kier alpha value is -0.420. The Morgan fingerprint density at radius 3 is 2.84 bits per heavy atom. The molecule has 1 N–H and O–H groups in total. The van der Waals surface area contributed by atoms with Crippen LogP contribution in [0.4, 0.5) is 4.79 Å². The minimum absolute atomic E-state index is 0.0781. The molecule has 19 heavy (non-hydrogen) atoms. The van der Waals surface area contributed by atoms with Crippen LogP contribution in [0.25, 0.3) is 0 Å². The topological polar surface area (TPSA) is 35.6 Å². The molecule has 1 saturated heterocycles. The number of nitrogens with one attached hydrogen (secondary N) is 1. The quantitative estimate of drug-likeness (QED) is 0.840. The van der Waals surface area contributed by atoms with Crippen LogP contribution in [0.1, 0.15) is 20.3 Å². The van der Waals surface area contributed by atoms with Gasteiger partial charge in [-0.2, -0.15) is 11.8 Å². The van der Waals surface area contributed by atoms with E-state index in [9.17, 15) is 4.79 Å². The molecular formula is C14H29N3OS. The van der Waals surface area contributed by atoms with Gasteiger partial charge in [-0.3, -0.25) is 0 Å². The van der Waals surface area contributed by atoms with Crippen LogP contribution in [-0.2, 0) is 0 Å². The van der Waals surface area contributed by atoms with Crippen molar-refractivity contribution in [3.8, 4) is 0 Å². The van der Waals surface area contributed by atoms with Gasteiger partial charge in [-0.1, -0.05) is 13.8 Å². The van der Waals surface area contributed by atoms with E-state index in [2.05, 4.69) is 37.4 Å². The van der Waals surface area contributed by atoms with E-state index in [1.165, 1.54) is 0 Å². The van der Waals surface area contributed by atoms with Crippen molar-refractivity contribution in [2.75, 3.05) is 45.7 Å². The van der Waals surface area contributed by atoms with Gasteiger partial charge in [-0.15, -0.1) is 0 Å². The lowest BCUT2D eigenvalue weighted by Crippen LogP contribution is -2.52. The molecule has 1 rings (SSSR count). The van der Waals surface area contributed by atoms with Crippen LogP contribution in [0.2, 0.25) is 0 Å². The summed E-state index contributed by atoms with van der Waals surface area (Å²) in [6.07, 6.45) is 3.17.